The Morgan fingerprint density at radius 2 is 2.17 bits per heavy atom. The van der Waals surface area contributed by atoms with Crippen molar-refractivity contribution >= 4 is 5.91 Å². The molecule has 0 radical (unpaired) electrons. The lowest BCUT2D eigenvalue weighted by Crippen LogP contribution is -2.40. The fourth-order valence-corrected chi connectivity index (χ4v) is 4.11. The quantitative estimate of drug-likeness (QED) is 0.874. The van der Waals surface area contributed by atoms with Crippen molar-refractivity contribution in [2.45, 2.75) is 51.1 Å². The summed E-state index contributed by atoms with van der Waals surface area (Å²) in [5, 5.41) is 4.39. The maximum atomic E-state index is 13.1. The zero-order valence-corrected chi connectivity index (χ0v) is 13.6. The van der Waals surface area contributed by atoms with Gasteiger partial charge in [-0.3, -0.25) is 9.48 Å². The maximum Gasteiger partial charge on any atom is 0.230 e. The van der Waals surface area contributed by atoms with Crippen LogP contribution in [0, 0.1) is 6.92 Å². The molecule has 2 aromatic rings. The van der Waals surface area contributed by atoms with Gasteiger partial charge in [0.15, 0.2) is 0 Å². The van der Waals surface area contributed by atoms with E-state index in [-0.39, 0.29) is 12.0 Å². The van der Waals surface area contributed by atoms with Gasteiger partial charge in [-0.2, -0.15) is 5.10 Å². The zero-order valence-electron chi connectivity index (χ0n) is 13.6. The van der Waals surface area contributed by atoms with E-state index in [1.807, 2.05) is 10.9 Å². The Balaban J connectivity index is 1.51. The lowest BCUT2D eigenvalue weighted by Gasteiger charge is -2.27. The van der Waals surface area contributed by atoms with Crippen molar-refractivity contribution in [2.75, 3.05) is 6.54 Å². The summed E-state index contributed by atoms with van der Waals surface area (Å²) >= 11 is 0. The zero-order chi connectivity index (χ0) is 15.8. The third-order valence-corrected chi connectivity index (χ3v) is 5.25. The number of amides is 1. The highest BCUT2D eigenvalue weighted by atomic mass is 16.2. The molecule has 2 heterocycles. The highest BCUT2D eigenvalue weighted by molar-refractivity contribution is 5.85. The van der Waals surface area contributed by atoms with E-state index in [1.54, 1.807) is 0 Å². The standard InChI is InChI=1S/C19H23N3O/c1-14-11-20-21(12-14)13-16-6-4-10-22(16)19(23)18-9-8-15-5-2-3-7-17(15)18/h2-3,5,7,11-12,16,18H,4,6,8-10,13H2,1H3/t16-,18+/m1/s1. The summed E-state index contributed by atoms with van der Waals surface area (Å²) in [6.45, 7) is 3.76. The molecule has 0 N–H and O–H groups in total. The Morgan fingerprint density at radius 3 is 3.00 bits per heavy atom. The number of nitrogens with zero attached hydrogens (tertiary/aromatic N) is 3. The summed E-state index contributed by atoms with van der Waals surface area (Å²) in [7, 11) is 0. The summed E-state index contributed by atoms with van der Waals surface area (Å²) < 4.78 is 1.98. The molecule has 4 rings (SSSR count). The molecule has 4 heteroatoms. The van der Waals surface area contributed by atoms with Gasteiger partial charge < -0.3 is 4.90 Å². The average Bonchev–Trinajstić information content (AvgIpc) is 3.27. The number of carbonyl (C=O) groups is 1. The number of carbonyl (C=O) groups excluding carboxylic acids is 1. The summed E-state index contributed by atoms with van der Waals surface area (Å²) in [6.07, 6.45) is 8.12. The van der Waals surface area contributed by atoms with E-state index in [9.17, 15) is 4.79 Å². The fourth-order valence-electron chi connectivity index (χ4n) is 4.11. The molecule has 2 aliphatic rings. The summed E-state index contributed by atoms with van der Waals surface area (Å²) in [5.41, 5.74) is 3.77. The van der Waals surface area contributed by atoms with Gasteiger partial charge in [-0.1, -0.05) is 24.3 Å². The Labute approximate surface area is 137 Å². The minimum atomic E-state index is 0.0613. The summed E-state index contributed by atoms with van der Waals surface area (Å²) in [5.74, 6) is 0.382. The molecular formula is C19H23N3O. The van der Waals surface area contributed by atoms with Gasteiger partial charge in [0.1, 0.15) is 0 Å². The van der Waals surface area contributed by atoms with Crippen molar-refractivity contribution in [3.8, 4) is 0 Å². The second kappa shape index (κ2) is 5.84. The van der Waals surface area contributed by atoms with Crippen LogP contribution in [0.25, 0.3) is 0 Å². The van der Waals surface area contributed by atoms with Crippen LogP contribution in [0.3, 0.4) is 0 Å². The molecule has 23 heavy (non-hydrogen) atoms. The molecule has 1 fully saturated rings. The molecule has 4 nitrogen and oxygen atoms in total. The van der Waals surface area contributed by atoms with E-state index < -0.39 is 0 Å². The predicted octanol–water partition coefficient (Wildman–Crippen LogP) is 2.91. The molecule has 1 aromatic carbocycles. The topological polar surface area (TPSA) is 38.1 Å². The Hall–Kier alpha value is -2.10. The van der Waals surface area contributed by atoms with Gasteiger partial charge >= 0.3 is 0 Å². The van der Waals surface area contributed by atoms with Crippen molar-refractivity contribution in [3.63, 3.8) is 0 Å². The number of fused-ring (bicyclic) bond motifs is 1. The molecule has 2 atom stereocenters. The van der Waals surface area contributed by atoms with E-state index in [2.05, 4.69) is 47.4 Å². The number of rotatable bonds is 3. The highest BCUT2D eigenvalue weighted by Gasteiger charge is 2.36. The molecule has 1 aliphatic carbocycles. The van der Waals surface area contributed by atoms with Gasteiger partial charge in [0.2, 0.25) is 5.91 Å². The van der Waals surface area contributed by atoms with Crippen LogP contribution in [0.5, 0.6) is 0 Å². The number of aromatic nitrogens is 2. The third-order valence-electron chi connectivity index (χ3n) is 5.25. The Kier molecular flexibility index (Phi) is 3.68. The maximum absolute atomic E-state index is 13.1. The molecular weight excluding hydrogens is 286 g/mol. The lowest BCUT2D eigenvalue weighted by molar-refractivity contribution is -0.133. The highest BCUT2D eigenvalue weighted by Crippen LogP contribution is 2.36. The molecule has 1 aliphatic heterocycles. The number of likely N-dealkylation sites (tertiary alicyclic amines) is 1. The molecule has 1 amide bonds. The fraction of sp³-hybridized carbons (Fsp3) is 0.474. The molecule has 0 spiro atoms. The lowest BCUT2D eigenvalue weighted by atomic mass is 9.99. The van der Waals surface area contributed by atoms with Crippen molar-refractivity contribution in [1.29, 1.82) is 0 Å². The van der Waals surface area contributed by atoms with Gasteiger partial charge in [-0.25, -0.2) is 0 Å². The van der Waals surface area contributed by atoms with E-state index in [4.69, 9.17) is 0 Å². The van der Waals surface area contributed by atoms with E-state index in [1.165, 1.54) is 16.7 Å². The molecule has 120 valence electrons. The van der Waals surface area contributed by atoms with Gasteiger partial charge in [0.05, 0.1) is 24.7 Å². The second-order valence-corrected chi connectivity index (χ2v) is 6.86. The van der Waals surface area contributed by atoms with Crippen LogP contribution in [-0.4, -0.2) is 33.2 Å². The predicted molar refractivity (Wildman–Crippen MR) is 89.2 cm³/mol. The molecule has 1 aromatic heterocycles. The average molecular weight is 309 g/mol. The molecule has 1 saturated heterocycles. The molecule has 0 saturated carbocycles. The number of hydrogen-bond donors (Lipinski definition) is 0. The number of aryl methyl sites for hydroxylation is 2. The normalized spacial score (nSPS) is 23.3. The van der Waals surface area contributed by atoms with Crippen molar-refractivity contribution in [3.05, 3.63) is 53.3 Å². The van der Waals surface area contributed by atoms with E-state index >= 15 is 0 Å². The van der Waals surface area contributed by atoms with Crippen molar-refractivity contribution in [1.82, 2.24) is 14.7 Å². The first-order chi connectivity index (χ1) is 11.2. The number of benzene rings is 1. The van der Waals surface area contributed by atoms with Crippen LogP contribution in [-0.2, 0) is 17.8 Å². The monoisotopic (exact) mass is 309 g/mol. The van der Waals surface area contributed by atoms with Gasteiger partial charge in [-0.05, 0) is 49.3 Å². The SMILES string of the molecule is Cc1cnn(C[C@H]2CCCN2C(=O)[C@H]2CCc3ccccc32)c1. The molecule has 0 unspecified atom stereocenters. The first-order valence-electron chi connectivity index (χ1n) is 8.60. The first-order valence-corrected chi connectivity index (χ1v) is 8.60. The summed E-state index contributed by atoms with van der Waals surface area (Å²) in [6, 6.07) is 8.71. The number of hydrogen-bond acceptors (Lipinski definition) is 2. The van der Waals surface area contributed by atoms with Crippen LogP contribution < -0.4 is 0 Å². The van der Waals surface area contributed by atoms with Gasteiger partial charge in [0.25, 0.3) is 0 Å². The first kappa shape index (κ1) is 14.5. The van der Waals surface area contributed by atoms with Gasteiger partial charge in [-0.15, -0.1) is 0 Å². The van der Waals surface area contributed by atoms with Crippen molar-refractivity contribution in [2.24, 2.45) is 0 Å². The smallest absolute Gasteiger partial charge is 0.230 e. The van der Waals surface area contributed by atoms with Crippen LogP contribution in [0.1, 0.15) is 41.9 Å². The minimum absolute atomic E-state index is 0.0613. The second-order valence-electron chi connectivity index (χ2n) is 6.86. The van der Waals surface area contributed by atoms with E-state index in [0.29, 0.717) is 5.91 Å². The van der Waals surface area contributed by atoms with Crippen LogP contribution in [0.2, 0.25) is 0 Å². The third kappa shape index (κ3) is 2.67. The largest absolute Gasteiger partial charge is 0.337 e. The minimum Gasteiger partial charge on any atom is -0.337 e. The van der Waals surface area contributed by atoms with Crippen molar-refractivity contribution < 1.29 is 4.79 Å². The Bertz CT molecular complexity index is 721. The van der Waals surface area contributed by atoms with E-state index in [0.717, 1.165) is 38.8 Å². The summed E-state index contributed by atoms with van der Waals surface area (Å²) in [4.78, 5) is 15.2. The van der Waals surface area contributed by atoms with Gasteiger partial charge in [0, 0.05) is 12.7 Å². The van der Waals surface area contributed by atoms with Crippen LogP contribution in [0.15, 0.2) is 36.7 Å². The Morgan fingerprint density at radius 1 is 1.30 bits per heavy atom. The molecule has 0 bridgehead atoms. The van der Waals surface area contributed by atoms with Crippen LogP contribution in [0.4, 0.5) is 0 Å². The van der Waals surface area contributed by atoms with Crippen LogP contribution >= 0.6 is 0 Å².